The summed E-state index contributed by atoms with van der Waals surface area (Å²) in [5.41, 5.74) is 3.52. The summed E-state index contributed by atoms with van der Waals surface area (Å²) in [7, 11) is 0. The Hall–Kier alpha value is -1.68. The predicted molar refractivity (Wildman–Crippen MR) is 96.1 cm³/mol. The van der Waals surface area contributed by atoms with Crippen molar-refractivity contribution in [3.05, 3.63) is 29.5 Å². The Balaban J connectivity index is 2.60. The van der Waals surface area contributed by atoms with E-state index in [1.807, 2.05) is 12.2 Å². The second kappa shape index (κ2) is 11.8. The zero-order valence-corrected chi connectivity index (χ0v) is 15.0. The van der Waals surface area contributed by atoms with Crippen LogP contribution in [0.4, 0.5) is 0 Å². The van der Waals surface area contributed by atoms with E-state index in [0.29, 0.717) is 31.3 Å². The highest BCUT2D eigenvalue weighted by atomic mass is 16.4. The van der Waals surface area contributed by atoms with Gasteiger partial charge in [0.1, 0.15) is 5.78 Å². The van der Waals surface area contributed by atoms with E-state index in [2.05, 4.69) is 12.7 Å². The summed E-state index contributed by atoms with van der Waals surface area (Å²) in [6, 6.07) is 0. The summed E-state index contributed by atoms with van der Waals surface area (Å²) in [6.45, 7) is 2.10. The second-order valence-corrected chi connectivity index (χ2v) is 6.56. The molecule has 0 radical (unpaired) electrons. The lowest BCUT2D eigenvalue weighted by atomic mass is 9.97. The largest absolute Gasteiger partial charge is 0.481 e. The molecule has 0 saturated heterocycles. The highest BCUT2D eigenvalue weighted by molar-refractivity contribution is 5.88. The van der Waals surface area contributed by atoms with Crippen molar-refractivity contribution in [1.82, 2.24) is 0 Å². The van der Waals surface area contributed by atoms with Crippen molar-refractivity contribution in [2.75, 3.05) is 0 Å². The third-order valence-electron chi connectivity index (χ3n) is 4.36. The standard InChI is InChI=1S/C20H30O5/c1-2-3-6-9-15(21)12-13-17-16(18(22)14-19(17)23)10-7-4-5-8-11-20(24)25/h4,7,12,15-16,19,21,23H,2-3,5-6,8-11,14H2,1H3,(H,24,25)/b7-4-/t13?,15-,16+,19+/m0/s1. The zero-order valence-electron chi connectivity index (χ0n) is 15.0. The summed E-state index contributed by atoms with van der Waals surface area (Å²) in [5, 5.41) is 28.6. The van der Waals surface area contributed by atoms with Gasteiger partial charge in [-0.25, -0.2) is 0 Å². The molecule has 1 rings (SSSR count). The average molecular weight is 350 g/mol. The van der Waals surface area contributed by atoms with Gasteiger partial charge in [0.2, 0.25) is 0 Å². The maximum Gasteiger partial charge on any atom is 0.303 e. The smallest absolute Gasteiger partial charge is 0.303 e. The molecular weight excluding hydrogens is 320 g/mol. The van der Waals surface area contributed by atoms with Crippen LogP contribution in [-0.4, -0.2) is 39.3 Å². The van der Waals surface area contributed by atoms with Crippen molar-refractivity contribution < 1.29 is 24.9 Å². The molecule has 0 amide bonds. The molecule has 3 N–H and O–H groups in total. The van der Waals surface area contributed by atoms with Crippen molar-refractivity contribution in [3.8, 4) is 0 Å². The first-order valence-corrected chi connectivity index (χ1v) is 9.18. The van der Waals surface area contributed by atoms with Gasteiger partial charge in [0.05, 0.1) is 18.1 Å². The van der Waals surface area contributed by atoms with E-state index in [1.165, 1.54) is 0 Å². The number of carboxylic acid groups (broad SMARTS) is 1. The molecule has 1 aliphatic rings. The molecule has 0 bridgehead atoms. The Bertz CT molecular complexity index is 528. The SMILES string of the molecule is CCCCC[C@H](O)C=C=C1[C@@H](C/C=C\CCCC(=O)O)C(=O)C[C@H]1O. The first-order chi connectivity index (χ1) is 12.0. The summed E-state index contributed by atoms with van der Waals surface area (Å²) in [4.78, 5) is 22.5. The van der Waals surface area contributed by atoms with Gasteiger partial charge in [0, 0.05) is 18.4 Å². The van der Waals surface area contributed by atoms with Crippen LogP contribution in [-0.2, 0) is 9.59 Å². The number of rotatable bonds is 11. The van der Waals surface area contributed by atoms with Gasteiger partial charge < -0.3 is 15.3 Å². The Morgan fingerprint density at radius 1 is 1.32 bits per heavy atom. The van der Waals surface area contributed by atoms with E-state index in [4.69, 9.17) is 5.11 Å². The number of allylic oxidation sites excluding steroid dienone is 2. The van der Waals surface area contributed by atoms with Gasteiger partial charge in [-0.2, -0.15) is 0 Å². The van der Waals surface area contributed by atoms with Gasteiger partial charge >= 0.3 is 5.97 Å². The number of aliphatic carboxylic acids is 1. The van der Waals surface area contributed by atoms with E-state index < -0.39 is 24.1 Å². The molecule has 0 aliphatic heterocycles. The summed E-state index contributed by atoms with van der Waals surface area (Å²) in [6.07, 6.45) is 9.55. The predicted octanol–water partition coefficient (Wildman–Crippen LogP) is 3.16. The van der Waals surface area contributed by atoms with Crippen LogP contribution in [0.5, 0.6) is 0 Å². The van der Waals surface area contributed by atoms with Gasteiger partial charge in [-0.3, -0.25) is 9.59 Å². The lowest BCUT2D eigenvalue weighted by Gasteiger charge is -2.08. The lowest BCUT2D eigenvalue weighted by molar-refractivity contribution is -0.137. The molecular formula is C20H30O5. The molecule has 1 fully saturated rings. The molecule has 5 nitrogen and oxygen atoms in total. The summed E-state index contributed by atoms with van der Waals surface area (Å²) < 4.78 is 0. The average Bonchev–Trinajstić information content (AvgIpc) is 2.82. The van der Waals surface area contributed by atoms with Crippen LogP contribution in [0.1, 0.15) is 64.7 Å². The van der Waals surface area contributed by atoms with Crippen LogP contribution < -0.4 is 0 Å². The van der Waals surface area contributed by atoms with E-state index in [-0.39, 0.29) is 18.6 Å². The Labute approximate surface area is 149 Å². The number of hydrogen-bond acceptors (Lipinski definition) is 4. The number of ketones is 1. The molecule has 3 atom stereocenters. The molecule has 0 heterocycles. The molecule has 0 spiro atoms. The maximum atomic E-state index is 12.1. The van der Waals surface area contributed by atoms with Gasteiger partial charge in [0.25, 0.3) is 0 Å². The number of hydrogen-bond donors (Lipinski definition) is 3. The van der Waals surface area contributed by atoms with Crippen LogP contribution >= 0.6 is 0 Å². The van der Waals surface area contributed by atoms with Crippen LogP contribution in [0.3, 0.4) is 0 Å². The molecule has 25 heavy (non-hydrogen) atoms. The number of aliphatic hydroxyl groups excluding tert-OH is 2. The van der Waals surface area contributed by atoms with E-state index in [1.54, 1.807) is 6.08 Å². The quantitative estimate of drug-likeness (QED) is 0.302. The minimum atomic E-state index is -0.822. The van der Waals surface area contributed by atoms with Gasteiger partial charge in [-0.15, -0.1) is 5.73 Å². The first-order valence-electron chi connectivity index (χ1n) is 9.18. The highest BCUT2D eigenvalue weighted by Gasteiger charge is 2.35. The third-order valence-corrected chi connectivity index (χ3v) is 4.36. The number of carbonyl (C=O) groups is 2. The summed E-state index contributed by atoms with van der Waals surface area (Å²) >= 11 is 0. The third kappa shape index (κ3) is 8.30. The van der Waals surface area contributed by atoms with Crippen LogP contribution in [0.2, 0.25) is 0 Å². The number of aliphatic hydroxyl groups is 2. The van der Waals surface area contributed by atoms with Crippen molar-refractivity contribution in [1.29, 1.82) is 0 Å². The zero-order chi connectivity index (χ0) is 18.7. The van der Waals surface area contributed by atoms with Crippen LogP contribution in [0.25, 0.3) is 0 Å². The normalized spacial score (nSPS) is 21.6. The van der Waals surface area contributed by atoms with Crippen molar-refractivity contribution >= 4 is 11.8 Å². The van der Waals surface area contributed by atoms with Gasteiger partial charge in [-0.05, 0) is 31.8 Å². The Morgan fingerprint density at radius 3 is 2.76 bits per heavy atom. The fourth-order valence-electron chi connectivity index (χ4n) is 2.90. The van der Waals surface area contributed by atoms with Crippen LogP contribution in [0, 0.1) is 5.92 Å². The molecule has 0 aromatic rings. The molecule has 0 unspecified atom stereocenters. The van der Waals surface area contributed by atoms with E-state index >= 15 is 0 Å². The Kier molecular flexibility index (Phi) is 10.1. The minimum absolute atomic E-state index is 0.0148. The van der Waals surface area contributed by atoms with Crippen molar-refractivity contribution in [2.24, 2.45) is 5.92 Å². The van der Waals surface area contributed by atoms with E-state index in [0.717, 1.165) is 19.3 Å². The summed E-state index contributed by atoms with van der Waals surface area (Å²) in [5.74, 6) is -1.22. The fourth-order valence-corrected chi connectivity index (χ4v) is 2.90. The van der Waals surface area contributed by atoms with Gasteiger partial charge in [0.15, 0.2) is 0 Å². The topological polar surface area (TPSA) is 94.8 Å². The highest BCUT2D eigenvalue weighted by Crippen LogP contribution is 2.30. The minimum Gasteiger partial charge on any atom is -0.481 e. The fraction of sp³-hybridized carbons (Fsp3) is 0.650. The lowest BCUT2D eigenvalue weighted by Crippen LogP contribution is -2.08. The first kappa shape index (κ1) is 21.4. The van der Waals surface area contributed by atoms with Crippen molar-refractivity contribution in [2.45, 2.75) is 76.9 Å². The van der Waals surface area contributed by atoms with Crippen molar-refractivity contribution in [3.63, 3.8) is 0 Å². The molecule has 5 heteroatoms. The monoisotopic (exact) mass is 350 g/mol. The number of Topliss-reactive ketones (excluding diaryl/α,β-unsaturated/α-hetero) is 1. The second-order valence-electron chi connectivity index (χ2n) is 6.56. The van der Waals surface area contributed by atoms with E-state index in [9.17, 15) is 19.8 Å². The van der Waals surface area contributed by atoms with Crippen LogP contribution in [0.15, 0.2) is 29.5 Å². The molecule has 0 aromatic heterocycles. The Morgan fingerprint density at radius 2 is 2.08 bits per heavy atom. The van der Waals surface area contributed by atoms with Gasteiger partial charge in [-0.1, -0.05) is 38.3 Å². The molecule has 1 saturated carbocycles. The maximum absolute atomic E-state index is 12.1. The number of carboxylic acids is 1. The molecule has 1 aliphatic carbocycles. The number of carbonyl (C=O) groups excluding carboxylic acids is 1. The number of unbranched alkanes of at least 4 members (excludes halogenated alkanes) is 3. The molecule has 140 valence electrons. The molecule has 0 aromatic carbocycles.